The molecule has 1 amide bonds. The van der Waals surface area contributed by atoms with Crippen LogP contribution in [0.1, 0.15) is 11.1 Å². The lowest BCUT2D eigenvalue weighted by Gasteiger charge is -2.18. The molecular weight excluding hydrogens is 437 g/mol. The van der Waals surface area contributed by atoms with Crippen molar-refractivity contribution in [2.24, 2.45) is 5.16 Å². The van der Waals surface area contributed by atoms with Crippen molar-refractivity contribution in [3.8, 4) is 0 Å². The van der Waals surface area contributed by atoms with Crippen LogP contribution in [0.5, 0.6) is 0 Å². The van der Waals surface area contributed by atoms with Crippen LogP contribution in [0, 0.1) is 0 Å². The largest absolute Gasteiger partial charge is 0.399 e. The van der Waals surface area contributed by atoms with E-state index in [0.29, 0.717) is 21.3 Å². The second-order valence-electron chi connectivity index (χ2n) is 6.19. The highest BCUT2D eigenvalue weighted by atomic mass is 35.5. The molecule has 0 spiro atoms. The summed E-state index contributed by atoms with van der Waals surface area (Å²) in [6.07, 6.45) is 1.20. The maximum atomic E-state index is 12.7. The Hall–Kier alpha value is -2.13. The monoisotopic (exact) mass is 457 g/mol. The summed E-state index contributed by atoms with van der Waals surface area (Å²) >= 11 is 12.1. The summed E-state index contributed by atoms with van der Waals surface area (Å²) in [6.45, 7) is -0.0231. The zero-order chi connectivity index (χ0) is 21.4. The summed E-state index contributed by atoms with van der Waals surface area (Å²) in [6, 6.07) is 13.0. The van der Waals surface area contributed by atoms with Crippen molar-refractivity contribution in [1.82, 2.24) is 10.0 Å². The summed E-state index contributed by atoms with van der Waals surface area (Å²) in [4.78, 5) is 17.6. The lowest BCUT2D eigenvalue weighted by Crippen LogP contribution is -2.48. The topological polar surface area (TPSA) is 96.9 Å². The molecule has 0 aromatic heterocycles. The smallest absolute Gasteiger partial charge is 0.238 e. The Balaban J connectivity index is 2.17. The molecule has 2 rings (SSSR count). The Kier molecular flexibility index (Phi) is 8.45. The van der Waals surface area contributed by atoms with E-state index in [2.05, 4.69) is 15.2 Å². The maximum Gasteiger partial charge on any atom is 0.238 e. The third-order valence-electron chi connectivity index (χ3n) is 3.83. The van der Waals surface area contributed by atoms with Gasteiger partial charge in [0.05, 0.1) is 17.8 Å². The zero-order valence-corrected chi connectivity index (χ0v) is 18.2. The Morgan fingerprint density at radius 2 is 1.86 bits per heavy atom. The highest BCUT2D eigenvalue weighted by Crippen LogP contribution is 2.21. The van der Waals surface area contributed by atoms with Gasteiger partial charge in [0.15, 0.2) is 0 Å². The van der Waals surface area contributed by atoms with Gasteiger partial charge in [0.25, 0.3) is 0 Å². The van der Waals surface area contributed by atoms with Gasteiger partial charge >= 0.3 is 0 Å². The molecule has 0 bridgehead atoms. The Labute approximate surface area is 180 Å². The lowest BCUT2D eigenvalue weighted by atomic mass is 10.1. The summed E-state index contributed by atoms with van der Waals surface area (Å²) in [5, 5.41) is 7.40. The SMILES string of the molecule is CON=C(CNC(=O)C(Cc1ccccc1)NS(C)(=O)=O)c1ccc(Cl)cc1Cl. The fourth-order valence-electron chi connectivity index (χ4n) is 2.60. The molecule has 10 heteroatoms. The first kappa shape index (κ1) is 23.2. The summed E-state index contributed by atoms with van der Waals surface area (Å²) < 4.78 is 25.8. The van der Waals surface area contributed by atoms with E-state index in [1.807, 2.05) is 30.3 Å². The summed E-state index contributed by atoms with van der Waals surface area (Å²) in [5.74, 6) is -0.506. The summed E-state index contributed by atoms with van der Waals surface area (Å²) in [7, 11) is -2.23. The van der Waals surface area contributed by atoms with Crippen LogP contribution in [0.15, 0.2) is 53.7 Å². The molecule has 0 fully saturated rings. The van der Waals surface area contributed by atoms with E-state index in [0.717, 1.165) is 11.8 Å². The van der Waals surface area contributed by atoms with Gasteiger partial charge in [-0.05, 0) is 30.2 Å². The lowest BCUT2D eigenvalue weighted by molar-refractivity contribution is -0.122. The second-order valence-corrected chi connectivity index (χ2v) is 8.82. The molecule has 2 aromatic carbocycles. The van der Waals surface area contributed by atoms with Crippen LogP contribution in [0.25, 0.3) is 0 Å². The van der Waals surface area contributed by atoms with E-state index in [4.69, 9.17) is 28.0 Å². The van der Waals surface area contributed by atoms with Gasteiger partial charge in [-0.25, -0.2) is 13.1 Å². The molecule has 29 heavy (non-hydrogen) atoms. The van der Waals surface area contributed by atoms with Gasteiger partial charge in [0, 0.05) is 10.6 Å². The van der Waals surface area contributed by atoms with Gasteiger partial charge < -0.3 is 10.2 Å². The van der Waals surface area contributed by atoms with Gasteiger partial charge in [-0.2, -0.15) is 0 Å². The van der Waals surface area contributed by atoms with Crippen LogP contribution in [0.4, 0.5) is 0 Å². The molecule has 2 aromatic rings. The van der Waals surface area contributed by atoms with Gasteiger partial charge in [-0.3, -0.25) is 4.79 Å². The van der Waals surface area contributed by atoms with Crippen LogP contribution in [-0.2, 0) is 26.1 Å². The quantitative estimate of drug-likeness (QED) is 0.446. The molecule has 0 saturated heterocycles. The Bertz CT molecular complexity index is 982. The fourth-order valence-corrected chi connectivity index (χ4v) is 3.83. The van der Waals surface area contributed by atoms with Crippen molar-refractivity contribution in [1.29, 1.82) is 0 Å². The van der Waals surface area contributed by atoms with E-state index in [1.165, 1.54) is 7.11 Å². The molecule has 0 aliphatic rings. The Morgan fingerprint density at radius 3 is 2.45 bits per heavy atom. The van der Waals surface area contributed by atoms with Gasteiger partial charge in [0.1, 0.15) is 18.9 Å². The maximum absolute atomic E-state index is 12.7. The number of benzene rings is 2. The van der Waals surface area contributed by atoms with Gasteiger partial charge in [0.2, 0.25) is 15.9 Å². The number of nitrogens with one attached hydrogen (secondary N) is 2. The third-order valence-corrected chi connectivity index (χ3v) is 5.09. The zero-order valence-electron chi connectivity index (χ0n) is 15.9. The number of oxime groups is 1. The van der Waals surface area contributed by atoms with Crippen molar-refractivity contribution in [2.45, 2.75) is 12.5 Å². The molecule has 0 aliphatic heterocycles. The van der Waals surface area contributed by atoms with E-state index in [1.54, 1.807) is 18.2 Å². The molecule has 1 unspecified atom stereocenters. The number of halogens is 2. The van der Waals surface area contributed by atoms with Crippen LogP contribution in [0.2, 0.25) is 10.0 Å². The second kappa shape index (κ2) is 10.6. The van der Waals surface area contributed by atoms with Crippen LogP contribution >= 0.6 is 23.2 Å². The molecule has 0 radical (unpaired) electrons. The predicted octanol–water partition coefficient (Wildman–Crippen LogP) is 2.62. The average Bonchev–Trinajstić information content (AvgIpc) is 2.64. The minimum atomic E-state index is -3.60. The minimum Gasteiger partial charge on any atom is -0.399 e. The molecule has 156 valence electrons. The fraction of sp³-hybridized carbons (Fsp3) is 0.263. The highest BCUT2D eigenvalue weighted by molar-refractivity contribution is 7.88. The molecule has 0 saturated carbocycles. The van der Waals surface area contributed by atoms with Gasteiger partial charge in [-0.15, -0.1) is 0 Å². The number of carbonyl (C=O) groups excluding carboxylic acids is 1. The average molecular weight is 458 g/mol. The number of hydrogen-bond donors (Lipinski definition) is 2. The number of rotatable bonds is 9. The highest BCUT2D eigenvalue weighted by Gasteiger charge is 2.23. The van der Waals surface area contributed by atoms with Crippen LogP contribution < -0.4 is 10.0 Å². The van der Waals surface area contributed by atoms with E-state index in [9.17, 15) is 13.2 Å². The standard InChI is InChI=1S/C19H21Cl2N3O4S/c1-28-23-18(15-9-8-14(20)11-16(15)21)12-22-19(25)17(24-29(2,26)27)10-13-6-4-3-5-7-13/h3-9,11,17,24H,10,12H2,1-2H3,(H,22,25). The molecule has 1 atom stereocenters. The van der Waals surface area contributed by atoms with Crippen molar-refractivity contribution >= 4 is 44.8 Å². The molecule has 0 aliphatic carbocycles. The molecular formula is C19H21Cl2N3O4S. The van der Waals surface area contributed by atoms with Crippen molar-refractivity contribution < 1.29 is 18.0 Å². The van der Waals surface area contributed by atoms with E-state index >= 15 is 0 Å². The van der Waals surface area contributed by atoms with E-state index < -0.39 is 22.0 Å². The number of carbonyl (C=O) groups is 1. The van der Waals surface area contributed by atoms with Crippen molar-refractivity contribution in [2.75, 3.05) is 19.9 Å². The first-order chi connectivity index (χ1) is 13.7. The molecule has 2 N–H and O–H groups in total. The number of hydrogen-bond acceptors (Lipinski definition) is 5. The number of amides is 1. The van der Waals surface area contributed by atoms with Crippen molar-refractivity contribution in [3.05, 3.63) is 69.7 Å². The molecule has 7 nitrogen and oxygen atoms in total. The van der Waals surface area contributed by atoms with Crippen LogP contribution in [-0.4, -0.2) is 46.0 Å². The first-order valence-corrected chi connectivity index (χ1v) is 11.2. The van der Waals surface area contributed by atoms with Gasteiger partial charge in [-0.1, -0.05) is 58.7 Å². The number of nitrogens with zero attached hydrogens (tertiary/aromatic N) is 1. The first-order valence-electron chi connectivity index (χ1n) is 8.54. The number of sulfonamides is 1. The van der Waals surface area contributed by atoms with Crippen molar-refractivity contribution in [3.63, 3.8) is 0 Å². The minimum absolute atomic E-state index is 0.0231. The Morgan fingerprint density at radius 1 is 1.17 bits per heavy atom. The van der Waals surface area contributed by atoms with E-state index in [-0.39, 0.29) is 13.0 Å². The predicted molar refractivity (Wildman–Crippen MR) is 115 cm³/mol. The molecule has 0 heterocycles. The normalized spacial score (nSPS) is 13.0. The van der Waals surface area contributed by atoms with Crippen LogP contribution in [0.3, 0.4) is 0 Å². The summed E-state index contributed by atoms with van der Waals surface area (Å²) in [5.41, 5.74) is 1.71. The third kappa shape index (κ3) is 7.66.